The second kappa shape index (κ2) is 11.9. The number of fused-ring (bicyclic) bond motifs is 1. The summed E-state index contributed by atoms with van der Waals surface area (Å²) >= 11 is 0. The molecule has 0 saturated heterocycles. The number of benzene rings is 2. The molecule has 0 atom stereocenters. The van der Waals surface area contributed by atoms with Crippen molar-refractivity contribution in [3.63, 3.8) is 0 Å². The second-order valence-electron chi connectivity index (χ2n) is 9.77. The summed E-state index contributed by atoms with van der Waals surface area (Å²) < 4.78 is 5.73. The van der Waals surface area contributed by atoms with E-state index in [1.165, 1.54) is 6.08 Å². The second-order valence-corrected chi connectivity index (χ2v) is 9.77. The third kappa shape index (κ3) is 5.89. The normalized spacial score (nSPS) is 11.0. The number of hydrogen-bond donors (Lipinski definition) is 4. The maximum atomic E-state index is 12.3. The van der Waals surface area contributed by atoms with Crippen molar-refractivity contribution in [2.24, 2.45) is 0 Å². The van der Waals surface area contributed by atoms with E-state index in [1.54, 1.807) is 19.5 Å². The molecule has 0 spiro atoms. The Morgan fingerprint density at radius 2 is 1.93 bits per heavy atom. The van der Waals surface area contributed by atoms with E-state index in [2.05, 4.69) is 53.2 Å². The summed E-state index contributed by atoms with van der Waals surface area (Å²) in [6, 6.07) is 13.6. The van der Waals surface area contributed by atoms with Crippen molar-refractivity contribution < 1.29 is 9.53 Å². The lowest BCUT2D eigenvalue weighted by molar-refractivity contribution is -0.111. The first kappa shape index (κ1) is 27.4. The highest BCUT2D eigenvalue weighted by Gasteiger charge is 2.18. The first-order valence-corrected chi connectivity index (χ1v) is 13.1. The number of para-hydroxylation sites is 1. The van der Waals surface area contributed by atoms with Crippen LogP contribution in [0.2, 0.25) is 0 Å². The molecule has 0 unspecified atom stereocenters. The molecule has 11 nitrogen and oxygen atoms in total. The molecule has 41 heavy (non-hydrogen) atoms. The van der Waals surface area contributed by atoms with Crippen LogP contribution in [-0.4, -0.2) is 77.3 Å². The lowest BCUT2D eigenvalue weighted by atomic mass is 10.1. The predicted octanol–water partition coefficient (Wildman–Crippen LogP) is 4.89. The van der Waals surface area contributed by atoms with Gasteiger partial charge in [0.2, 0.25) is 11.9 Å². The van der Waals surface area contributed by atoms with Crippen molar-refractivity contribution in [2.75, 3.05) is 56.9 Å². The molecule has 0 aliphatic heterocycles. The molecule has 0 radical (unpaired) electrons. The molecular formula is C30H33N9O2. The summed E-state index contributed by atoms with van der Waals surface area (Å²) in [7, 11) is 7.61. The largest absolute Gasteiger partial charge is 0.494 e. The van der Waals surface area contributed by atoms with E-state index in [1.807, 2.05) is 63.7 Å². The maximum Gasteiger partial charge on any atom is 0.247 e. The lowest BCUT2D eigenvalue weighted by Gasteiger charge is -2.26. The van der Waals surface area contributed by atoms with Gasteiger partial charge in [0.15, 0.2) is 0 Å². The molecule has 1 amide bonds. The Kier molecular flexibility index (Phi) is 7.97. The Labute approximate surface area is 238 Å². The van der Waals surface area contributed by atoms with Crippen molar-refractivity contribution >= 4 is 39.8 Å². The van der Waals surface area contributed by atoms with Gasteiger partial charge in [0.05, 0.1) is 41.1 Å². The van der Waals surface area contributed by atoms with Crippen LogP contribution in [-0.2, 0) is 4.79 Å². The van der Waals surface area contributed by atoms with E-state index in [-0.39, 0.29) is 5.91 Å². The minimum absolute atomic E-state index is 0.310. The van der Waals surface area contributed by atoms with Gasteiger partial charge in [0, 0.05) is 61.3 Å². The fourth-order valence-electron chi connectivity index (χ4n) is 4.59. The molecule has 0 bridgehead atoms. The van der Waals surface area contributed by atoms with Crippen LogP contribution in [0.3, 0.4) is 0 Å². The molecular weight excluding hydrogens is 518 g/mol. The first-order chi connectivity index (χ1) is 19.9. The van der Waals surface area contributed by atoms with Gasteiger partial charge in [-0.3, -0.25) is 9.89 Å². The summed E-state index contributed by atoms with van der Waals surface area (Å²) in [5.74, 6) is 0.654. The molecule has 0 aliphatic rings. The van der Waals surface area contributed by atoms with E-state index in [0.29, 0.717) is 23.1 Å². The van der Waals surface area contributed by atoms with Crippen LogP contribution < -0.4 is 20.3 Å². The lowest BCUT2D eigenvalue weighted by Crippen LogP contribution is -2.29. The number of nitrogens with one attached hydrogen (secondary N) is 4. The first-order valence-electron chi connectivity index (χ1n) is 13.1. The van der Waals surface area contributed by atoms with Crippen molar-refractivity contribution in [1.82, 2.24) is 30.0 Å². The number of carbonyl (C=O) groups excluding carboxylic acids is 1. The number of amides is 1. The topological polar surface area (TPSA) is 127 Å². The molecule has 5 aromatic rings. The fourth-order valence-corrected chi connectivity index (χ4v) is 4.59. The number of anilines is 4. The van der Waals surface area contributed by atoms with Crippen molar-refractivity contribution in [2.45, 2.75) is 0 Å². The number of H-pyrrole nitrogens is 2. The van der Waals surface area contributed by atoms with Crippen LogP contribution in [0, 0.1) is 0 Å². The van der Waals surface area contributed by atoms with E-state index < -0.39 is 0 Å². The highest BCUT2D eigenvalue weighted by molar-refractivity contribution is 6.03. The Balaban J connectivity index is 1.49. The minimum Gasteiger partial charge on any atom is -0.494 e. The monoisotopic (exact) mass is 551 g/mol. The smallest absolute Gasteiger partial charge is 0.247 e. The quantitative estimate of drug-likeness (QED) is 0.171. The molecule has 4 N–H and O–H groups in total. The van der Waals surface area contributed by atoms with Crippen molar-refractivity contribution in [3.8, 4) is 28.3 Å². The average Bonchev–Trinajstić information content (AvgIpc) is 3.67. The summed E-state index contributed by atoms with van der Waals surface area (Å²) in [6.07, 6.45) is 6.69. The number of nitrogens with zero attached hydrogens (tertiary/aromatic N) is 5. The van der Waals surface area contributed by atoms with Gasteiger partial charge in [0.25, 0.3) is 0 Å². The Hall–Kier alpha value is -5.16. The van der Waals surface area contributed by atoms with Crippen molar-refractivity contribution in [3.05, 3.63) is 73.7 Å². The maximum absolute atomic E-state index is 12.3. The van der Waals surface area contributed by atoms with E-state index >= 15 is 0 Å². The van der Waals surface area contributed by atoms with E-state index in [9.17, 15) is 4.79 Å². The molecule has 5 rings (SSSR count). The summed E-state index contributed by atoms with van der Waals surface area (Å²) in [5, 5.41) is 14.4. The zero-order chi connectivity index (χ0) is 28.9. The minimum atomic E-state index is -0.310. The summed E-state index contributed by atoms with van der Waals surface area (Å²) in [4.78, 5) is 29.1. The summed E-state index contributed by atoms with van der Waals surface area (Å²) in [5.41, 5.74) is 6.53. The van der Waals surface area contributed by atoms with Gasteiger partial charge in [-0.15, -0.1) is 0 Å². The molecule has 0 saturated carbocycles. The molecule has 2 aromatic carbocycles. The van der Waals surface area contributed by atoms with Crippen LogP contribution >= 0.6 is 0 Å². The van der Waals surface area contributed by atoms with Gasteiger partial charge in [-0.1, -0.05) is 24.8 Å². The summed E-state index contributed by atoms with van der Waals surface area (Å²) in [6.45, 7) is 5.18. The molecule has 11 heteroatoms. The van der Waals surface area contributed by atoms with Gasteiger partial charge in [-0.05, 0) is 38.4 Å². The van der Waals surface area contributed by atoms with Gasteiger partial charge in [-0.25, -0.2) is 9.97 Å². The van der Waals surface area contributed by atoms with Crippen LogP contribution in [0.4, 0.5) is 23.0 Å². The van der Waals surface area contributed by atoms with Gasteiger partial charge in [-0.2, -0.15) is 5.10 Å². The third-order valence-electron chi connectivity index (χ3n) is 6.73. The fraction of sp³-hybridized carbons (Fsp3) is 0.200. The van der Waals surface area contributed by atoms with Crippen molar-refractivity contribution in [1.29, 1.82) is 0 Å². The van der Waals surface area contributed by atoms with Crippen LogP contribution in [0.15, 0.2) is 73.7 Å². The SMILES string of the molecule is C=CC(=O)Nc1cc(Nc2nccc(-c3c[nH]c4c(-c5cc[nH]n5)cccc34)n2)c(OC)cc1N(C)CCN(C)C. The number of ether oxygens (including phenoxy) is 1. The van der Waals surface area contributed by atoms with E-state index in [4.69, 9.17) is 9.72 Å². The number of aromatic nitrogens is 5. The number of methoxy groups -OCH3 is 1. The molecule has 3 aromatic heterocycles. The zero-order valence-corrected chi connectivity index (χ0v) is 23.5. The Bertz CT molecular complexity index is 1680. The molecule has 0 aliphatic carbocycles. The molecule has 3 heterocycles. The highest BCUT2D eigenvalue weighted by Crippen LogP contribution is 2.38. The number of aromatic amines is 2. The van der Waals surface area contributed by atoms with Gasteiger partial charge < -0.3 is 30.2 Å². The van der Waals surface area contributed by atoms with Crippen LogP contribution in [0.5, 0.6) is 5.75 Å². The number of carbonyl (C=O) groups is 1. The zero-order valence-electron chi connectivity index (χ0n) is 23.5. The Morgan fingerprint density at radius 3 is 2.66 bits per heavy atom. The Morgan fingerprint density at radius 1 is 1.07 bits per heavy atom. The number of hydrogen-bond acceptors (Lipinski definition) is 8. The van der Waals surface area contributed by atoms with Gasteiger partial charge in [0.1, 0.15) is 5.75 Å². The number of rotatable bonds is 11. The van der Waals surface area contributed by atoms with E-state index in [0.717, 1.165) is 52.2 Å². The third-order valence-corrected chi connectivity index (χ3v) is 6.73. The predicted molar refractivity (Wildman–Crippen MR) is 164 cm³/mol. The number of likely N-dealkylation sites (N-methyl/N-ethyl adjacent to an activating group) is 2. The average molecular weight is 552 g/mol. The molecule has 210 valence electrons. The van der Waals surface area contributed by atoms with Crippen LogP contribution in [0.1, 0.15) is 0 Å². The van der Waals surface area contributed by atoms with Crippen LogP contribution in [0.25, 0.3) is 33.4 Å². The highest BCUT2D eigenvalue weighted by atomic mass is 16.5. The molecule has 0 fully saturated rings. The standard InChI is InChI=1S/C30H33N9O2/c1-6-28(40)34-24-16-25(27(41-5)17-26(24)39(4)15-14-38(2)3)36-30-31-12-10-22(35-30)21-18-32-29-19(21)8-7-9-20(29)23-11-13-33-37-23/h6-13,16-18,32H,1,14-15H2,2-5H3,(H,33,37)(H,34,40)(H,31,35,36). The van der Waals surface area contributed by atoms with Gasteiger partial charge >= 0.3 is 0 Å².